The minimum Gasteiger partial charge on any atom is -0.484 e. The Balaban J connectivity index is 2.18. The van der Waals surface area contributed by atoms with Crippen molar-refractivity contribution >= 4 is 39.3 Å². The van der Waals surface area contributed by atoms with Crippen molar-refractivity contribution in [3.63, 3.8) is 0 Å². The molecular weight excluding hydrogens is 480 g/mol. The topological polar surface area (TPSA) is 58.6 Å². The standard InChI is InChI=1S/C24H30BrClN2O3/c1-6-17(4)27-24(30)18(5)28(13-19-7-9-20(25)10-8-19)22(29)14-31-21-11-15(2)23(26)16(3)12-21/h7-12,17-18H,6,13-14H2,1-5H3,(H,27,30)/t17-,18+/m1/s1. The van der Waals surface area contributed by atoms with E-state index in [-0.39, 0.29) is 24.5 Å². The highest BCUT2D eigenvalue weighted by atomic mass is 79.9. The maximum Gasteiger partial charge on any atom is 0.261 e. The summed E-state index contributed by atoms with van der Waals surface area (Å²) in [4.78, 5) is 27.4. The number of rotatable bonds is 9. The van der Waals surface area contributed by atoms with Gasteiger partial charge in [-0.1, -0.05) is 46.6 Å². The summed E-state index contributed by atoms with van der Waals surface area (Å²) in [5, 5.41) is 3.64. The maximum absolute atomic E-state index is 13.1. The van der Waals surface area contributed by atoms with E-state index >= 15 is 0 Å². The molecule has 5 nitrogen and oxygen atoms in total. The SMILES string of the molecule is CC[C@@H](C)NC(=O)[C@H](C)N(Cc1ccc(Br)cc1)C(=O)COc1cc(C)c(Cl)c(C)c1. The Labute approximate surface area is 198 Å². The number of nitrogens with zero attached hydrogens (tertiary/aromatic N) is 1. The van der Waals surface area contributed by atoms with Gasteiger partial charge in [-0.05, 0) is 75.1 Å². The molecule has 0 aliphatic heterocycles. The fourth-order valence-corrected chi connectivity index (χ4v) is 3.43. The molecule has 1 N–H and O–H groups in total. The van der Waals surface area contributed by atoms with E-state index in [0.717, 1.165) is 27.6 Å². The van der Waals surface area contributed by atoms with Gasteiger partial charge in [-0.2, -0.15) is 0 Å². The molecule has 0 aliphatic rings. The molecule has 0 spiro atoms. The van der Waals surface area contributed by atoms with Gasteiger partial charge in [-0.3, -0.25) is 9.59 Å². The number of aryl methyl sites for hydroxylation is 2. The van der Waals surface area contributed by atoms with E-state index in [1.165, 1.54) is 0 Å². The lowest BCUT2D eigenvalue weighted by atomic mass is 10.1. The van der Waals surface area contributed by atoms with Crippen molar-refractivity contribution in [1.29, 1.82) is 0 Å². The highest BCUT2D eigenvalue weighted by Gasteiger charge is 2.27. The van der Waals surface area contributed by atoms with Crippen LogP contribution in [0.4, 0.5) is 0 Å². The normalized spacial score (nSPS) is 12.7. The monoisotopic (exact) mass is 508 g/mol. The predicted molar refractivity (Wildman–Crippen MR) is 128 cm³/mol. The van der Waals surface area contributed by atoms with Crippen LogP contribution in [0.3, 0.4) is 0 Å². The summed E-state index contributed by atoms with van der Waals surface area (Å²) in [5.74, 6) is 0.131. The zero-order valence-electron chi connectivity index (χ0n) is 18.7. The summed E-state index contributed by atoms with van der Waals surface area (Å²) in [7, 11) is 0. The largest absolute Gasteiger partial charge is 0.484 e. The van der Waals surface area contributed by atoms with E-state index in [4.69, 9.17) is 16.3 Å². The molecule has 2 atom stereocenters. The van der Waals surface area contributed by atoms with Crippen LogP contribution in [0.15, 0.2) is 40.9 Å². The van der Waals surface area contributed by atoms with Crippen LogP contribution in [-0.4, -0.2) is 35.4 Å². The van der Waals surface area contributed by atoms with Gasteiger partial charge in [0.15, 0.2) is 6.61 Å². The highest BCUT2D eigenvalue weighted by molar-refractivity contribution is 9.10. The Morgan fingerprint density at radius 2 is 1.71 bits per heavy atom. The van der Waals surface area contributed by atoms with E-state index in [2.05, 4.69) is 21.2 Å². The third-order valence-corrected chi connectivity index (χ3v) is 6.33. The number of carbonyl (C=O) groups excluding carboxylic acids is 2. The summed E-state index contributed by atoms with van der Waals surface area (Å²) in [6.45, 7) is 9.62. The number of amides is 2. The van der Waals surface area contributed by atoms with Crippen LogP contribution in [0, 0.1) is 13.8 Å². The Kier molecular flexibility index (Phi) is 9.38. The summed E-state index contributed by atoms with van der Waals surface area (Å²) in [6, 6.07) is 10.7. The number of hydrogen-bond donors (Lipinski definition) is 1. The quantitative estimate of drug-likeness (QED) is 0.490. The molecule has 0 unspecified atom stereocenters. The number of hydrogen-bond acceptors (Lipinski definition) is 3. The van der Waals surface area contributed by atoms with Crippen LogP contribution < -0.4 is 10.1 Å². The van der Waals surface area contributed by atoms with Crippen LogP contribution in [-0.2, 0) is 16.1 Å². The Morgan fingerprint density at radius 1 is 1.13 bits per heavy atom. The van der Waals surface area contributed by atoms with E-state index in [0.29, 0.717) is 17.3 Å². The lowest BCUT2D eigenvalue weighted by Crippen LogP contribution is -2.50. The minimum atomic E-state index is -0.637. The number of carbonyl (C=O) groups is 2. The van der Waals surface area contributed by atoms with Crippen molar-refractivity contribution in [3.05, 3.63) is 62.6 Å². The number of benzene rings is 2. The fraction of sp³-hybridized carbons (Fsp3) is 0.417. The van der Waals surface area contributed by atoms with E-state index in [1.54, 1.807) is 24.0 Å². The van der Waals surface area contributed by atoms with Gasteiger partial charge in [0.2, 0.25) is 5.91 Å². The van der Waals surface area contributed by atoms with Gasteiger partial charge >= 0.3 is 0 Å². The second-order valence-corrected chi connectivity index (χ2v) is 9.10. The molecule has 0 aliphatic carbocycles. The van der Waals surface area contributed by atoms with Gasteiger partial charge in [0.1, 0.15) is 11.8 Å². The molecule has 2 aromatic rings. The third kappa shape index (κ3) is 7.25. The Bertz CT molecular complexity index is 895. The molecule has 0 radical (unpaired) electrons. The van der Waals surface area contributed by atoms with Gasteiger partial charge in [-0.15, -0.1) is 0 Å². The third-order valence-electron chi connectivity index (χ3n) is 5.21. The molecule has 31 heavy (non-hydrogen) atoms. The molecule has 0 heterocycles. The Hall–Kier alpha value is -2.05. The lowest BCUT2D eigenvalue weighted by Gasteiger charge is -2.29. The van der Waals surface area contributed by atoms with E-state index < -0.39 is 6.04 Å². The molecule has 2 amide bonds. The van der Waals surface area contributed by atoms with Crippen LogP contribution >= 0.6 is 27.5 Å². The lowest BCUT2D eigenvalue weighted by molar-refractivity contribution is -0.142. The first-order valence-electron chi connectivity index (χ1n) is 10.4. The molecule has 7 heteroatoms. The maximum atomic E-state index is 13.1. The average molecular weight is 510 g/mol. The molecular formula is C24H30BrClN2O3. The van der Waals surface area contributed by atoms with E-state index in [9.17, 15) is 9.59 Å². The first-order chi connectivity index (χ1) is 14.6. The molecule has 0 aromatic heterocycles. The van der Waals surface area contributed by atoms with Gasteiger partial charge in [0.05, 0.1) is 0 Å². The highest BCUT2D eigenvalue weighted by Crippen LogP contribution is 2.26. The summed E-state index contributed by atoms with van der Waals surface area (Å²) in [6.07, 6.45) is 0.817. The zero-order chi connectivity index (χ0) is 23.1. The second kappa shape index (κ2) is 11.5. The number of halogens is 2. The van der Waals surface area contributed by atoms with Gasteiger partial charge < -0.3 is 15.0 Å². The smallest absolute Gasteiger partial charge is 0.261 e. The van der Waals surface area contributed by atoms with Crippen LogP contribution in [0.25, 0.3) is 0 Å². The Morgan fingerprint density at radius 3 is 2.26 bits per heavy atom. The van der Waals surface area contributed by atoms with E-state index in [1.807, 2.05) is 52.0 Å². The molecule has 2 rings (SSSR count). The molecule has 0 saturated carbocycles. The molecule has 2 aromatic carbocycles. The predicted octanol–water partition coefficient (Wildman–Crippen LogP) is 5.43. The van der Waals surface area contributed by atoms with Crippen molar-refractivity contribution in [3.8, 4) is 5.75 Å². The van der Waals surface area contributed by atoms with Gasteiger partial charge in [0.25, 0.3) is 5.91 Å². The second-order valence-electron chi connectivity index (χ2n) is 7.80. The minimum absolute atomic E-state index is 0.0378. The van der Waals surface area contributed by atoms with Crippen LogP contribution in [0.2, 0.25) is 5.02 Å². The van der Waals surface area contributed by atoms with Crippen LogP contribution in [0.1, 0.15) is 43.9 Å². The van der Waals surface area contributed by atoms with Crippen LogP contribution in [0.5, 0.6) is 5.75 Å². The van der Waals surface area contributed by atoms with Crippen molar-refractivity contribution < 1.29 is 14.3 Å². The molecule has 0 bridgehead atoms. The fourth-order valence-electron chi connectivity index (χ4n) is 3.05. The summed E-state index contributed by atoms with van der Waals surface area (Å²) < 4.78 is 6.72. The number of ether oxygens (including phenoxy) is 1. The molecule has 0 fully saturated rings. The first-order valence-corrected chi connectivity index (χ1v) is 11.5. The average Bonchev–Trinajstić information content (AvgIpc) is 2.74. The van der Waals surface area contributed by atoms with Crippen molar-refractivity contribution in [2.24, 2.45) is 0 Å². The number of nitrogens with one attached hydrogen (secondary N) is 1. The van der Waals surface area contributed by atoms with Crippen molar-refractivity contribution in [1.82, 2.24) is 10.2 Å². The first kappa shape index (κ1) is 25.2. The van der Waals surface area contributed by atoms with Gasteiger partial charge in [-0.25, -0.2) is 0 Å². The molecule has 168 valence electrons. The molecule has 0 saturated heterocycles. The van der Waals surface area contributed by atoms with Crippen molar-refractivity contribution in [2.45, 2.75) is 59.7 Å². The summed E-state index contributed by atoms with van der Waals surface area (Å²) in [5.41, 5.74) is 2.70. The van der Waals surface area contributed by atoms with Crippen molar-refractivity contribution in [2.75, 3.05) is 6.61 Å². The summed E-state index contributed by atoms with van der Waals surface area (Å²) >= 11 is 9.64. The van der Waals surface area contributed by atoms with Gasteiger partial charge in [0, 0.05) is 22.1 Å². The zero-order valence-corrected chi connectivity index (χ0v) is 21.0.